The number of hydrogen-bond donors (Lipinski definition) is 2. The molecule has 2 N–H and O–H groups in total. The highest BCUT2D eigenvalue weighted by molar-refractivity contribution is 5.94. The zero-order chi connectivity index (χ0) is 19.5. The summed E-state index contributed by atoms with van der Waals surface area (Å²) in [7, 11) is 1.57. The maximum atomic E-state index is 12.0. The van der Waals surface area contributed by atoms with E-state index < -0.39 is 0 Å². The number of rotatable bonds is 9. The predicted octanol–water partition coefficient (Wildman–Crippen LogP) is 2.65. The van der Waals surface area contributed by atoms with Crippen molar-refractivity contribution in [2.45, 2.75) is 6.92 Å². The second-order valence-electron chi connectivity index (χ2n) is 5.58. The van der Waals surface area contributed by atoms with Gasteiger partial charge in [-0.3, -0.25) is 9.59 Å². The van der Waals surface area contributed by atoms with Crippen molar-refractivity contribution in [2.75, 3.05) is 26.8 Å². The number of carbonyl (C=O) groups excluding carboxylic acids is 2. The van der Waals surface area contributed by atoms with E-state index in [0.717, 1.165) is 11.3 Å². The summed E-state index contributed by atoms with van der Waals surface area (Å²) in [6.07, 6.45) is 3.15. The normalized spacial score (nSPS) is 10.4. The van der Waals surface area contributed by atoms with Gasteiger partial charge < -0.3 is 20.1 Å². The maximum absolute atomic E-state index is 12.0. The van der Waals surface area contributed by atoms with E-state index in [4.69, 9.17) is 9.47 Å². The third-order valence-electron chi connectivity index (χ3n) is 3.70. The van der Waals surface area contributed by atoms with Gasteiger partial charge in [0.1, 0.15) is 11.5 Å². The van der Waals surface area contributed by atoms with Gasteiger partial charge in [0.2, 0.25) is 5.91 Å². The molecule has 0 aliphatic rings. The average molecular weight is 368 g/mol. The Hall–Kier alpha value is -3.28. The molecule has 0 atom stereocenters. The monoisotopic (exact) mass is 368 g/mol. The van der Waals surface area contributed by atoms with E-state index in [1.54, 1.807) is 37.5 Å². The quantitative estimate of drug-likeness (QED) is 0.527. The van der Waals surface area contributed by atoms with E-state index in [0.29, 0.717) is 31.0 Å². The van der Waals surface area contributed by atoms with Crippen molar-refractivity contribution < 1.29 is 19.1 Å². The first-order valence-corrected chi connectivity index (χ1v) is 8.74. The van der Waals surface area contributed by atoms with E-state index in [1.165, 1.54) is 6.08 Å². The van der Waals surface area contributed by atoms with Gasteiger partial charge in [-0.05, 0) is 43.3 Å². The third-order valence-corrected chi connectivity index (χ3v) is 3.70. The highest BCUT2D eigenvalue weighted by atomic mass is 16.5. The van der Waals surface area contributed by atoms with Crippen molar-refractivity contribution in [3.05, 3.63) is 65.7 Å². The smallest absolute Gasteiger partial charge is 0.251 e. The van der Waals surface area contributed by atoms with Crippen LogP contribution in [0.25, 0.3) is 6.08 Å². The first kappa shape index (κ1) is 20.0. The molecule has 0 radical (unpaired) electrons. The van der Waals surface area contributed by atoms with Crippen LogP contribution in [0, 0.1) is 0 Å². The number of nitrogens with one attached hydrogen (secondary N) is 2. The zero-order valence-corrected chi connectivity index (χ0v) is 15.5. The minimum absolute atomic E-state index is 0.201. The van der Waals surface area contributed by atoms with Crippen molar-refractivity contribution in [3.8, 4) is 11.5 Å². The summed E-state index contributed by atoms with van der Waals surface area (Å²) in [5, 5.41) is 5.48. The van der Waals surface area contributed by atoms with Crippen LogP contribution in [0.15, 0.2) is 54.6 Å². The summed E-state index contributed by atoms with van der Waals surface area (Å²) in [5.41, 5.74) is 1.37. The van der Waals surface area contributed by atoms with Crippen molar-refractivity contribution in [1.82, 2.24) is 10.6 Å². The van der Waals surface area contributed by atoms with Crippen molar-refractivity contribution in [2.24, 2.45) is 0 Å². The lowest BCUT2D eigenvalue weighted by Gasteiger charge is -2.07. The molecule has 0 spiro atoms. The molecule has 2 aromatic carbocycles. The Bertz CT molecular complexity index is 785. The molecule has 0 bridgehead atoms. The van der Waals surface area contributed by atoms with E-state index in [-0.39, 0.29) is 11.8 Å². The van der Waals surface area contributed by atoms with Crippen LogP contribution in [0.2, 0.25) is 0 Å². The molecule has 2 aromatic rings. The summed E-state index contributed by atoms with van der Waals surface area (Å²) >= 11 is 0. The molecule has 2 rings (SSSR count). The molecule has 6 heteroatoms. The van der Waals surface area contributed by atoms with E-state index in [9.17, 15) is 9.59 Å². The van der Waals surface area contributed by atoms with Crippen LogP contribution >= 0.6 is 0 Å². The Balaban J connectivity index is 1.75. The lowest BCUT2D eigenvalue weighted by Crippen LogP contribution is -2.33. The first-order valence-electron chi connectivity index (χ1n) is 8.74. The molecule has 0 heterocycles. The van der Waals surface area contributed by atoms with E-state index >= 15 is 0 Å². The Labute approximate surface area is 159 Å². The molecule has 0 aromatic heterocycles. The van der Waals surface area contributed by atoms with Crippen LogP contribution in [-0.2, 0) is 4.79 Å². The minimum atomic E-state index is -0.236. The van der Waals surface area contributed by atoms with Crippen molar-refractivity contribution in [1.29, 1.82) is 0 Å². The van der Waals surface area contributed by atoms with Crippen LogP contribution in [0.5, 0.6) is 11.5 Å². The number of methoxy groups -OCH3 is 1. The highest BCUT2D eigenvalue weighted by Gasteiger charge is 2.05. The molecule has 2 amide bonds. The number of amides is 2. The molecular formula is C21H24N2O4. The van der Waals surface area contributed by atoms with Gasteiger partial charge in [-0.25, -0.2) is 0 Å². The van der Waals surface area contributed by atoms with Gasteiger partial charge in [0.15, 0.2) is 0 Å². The zero-order valence-electron chi connectivity index (χ0n) is 15.5. The number of hydrogen-bond acceptors (Lipinski definition) is 4. The van der Waals surface area contributed by atoms with Crippen LogP contribution in [-0.4, -0.2) is 38.6 Å². The summed E-state index contributed by atoms with van der Waals surface area (Å²) in [6.45, 7) is 3.14. The number of carbonyl (C=O) groups is 2. The van der Waals surface area contributed by atoms with Gasteiger partial charge in [0, 0.05) is 30.3 Å². The Morgan fingerprint density at radius 2 is 1.70 bits per heavy atom. The third kappa shape index (κ3) is 6.51. The topological polar surface area (TPSA) is 76.7 Å². The maximum Gasteiger partial charge on any atom is 0.251 e. The second-order valence-corrected chi connectivity index (χ2v) is 5.58. The summed E-state index contributed by atoms with van der Waals surface area (Å²) in [5.74, 6) is 0.986. The summed E-state index contributed by atoms with van der Waals surface area (Å²) < 4.78 is 10.6. The minimum Gasteiger partial charge on any atom is -0.497 e. The molecule has 0 unspecified atom stereocenters. The molecule has 142 valence electrons. The number of benzene rings is 2. The number of para-hydroxylation sites is 1. The molecule has 0 aliphatic heterocycles. The molecule has 0 aliphatic carbocycles. The Kier molecular flexibility index (Phi) is 7.91. The van der Waals surface area contributed by atoms with Crippen LogP contribution in [0.1, 0.15) is 22.8 Å². The van der Waals surface area contributed by atoms with Gasteiger partial charge in [0.05, 0.1) is 13.7 Å². The highest BCUT2D eigenvalue weighted by Crippen LogP contribution is 2.19. The van der Waals surface area contributed by atoms with Crippen LogP contribution < -0.4 is 20.1 Å². The lowest BCUT2D eigenvalue weighted by atomic mass is 10.2. The van der Waals surface area contributed by atoms with Gasteiger partial charge in [-0.15, -0.1) is 0 Å². The molecule has 0 saturated carbocycles. The number of ether oxygens (including phenoxy) is 2. The summed E-state index contributed by atoms with van der Waals surface area (Å²) in [6, 6.07) is 14.3. The Morgan fingerprint density at radius 3 is 2.41 bits per heavy atom. The first-order chi connectivity index (χ1) is 13.1. The van der Waals surface area contributed by atoms with E-state index in [1.807, 2.05) is 31.2 Å². The predicted molar refractivity (Wildman–Crippen MR) is 105 cm³/mol. The van der Waals surface area contributed by atoms with Crippen LogP contribution in [0.3, 0.4) is 0 Å². The van der Waals surface area contributed by atoms with Gasteiger partial charge >= 0.3 is 0 Å². The van der Waals surface area contributed by atoms with Gasteiger partial charge in [-0.1, -0.05) is 18.2 Å². The fourth-order valence-corrected chi connectivity index (χ4v) is 2.34. The molecule has 6 nitrogen and oxygen atoms in total. The van der Waals surface area contributed by atoms with Crippen molar-refractivity contribution in [3.63, 3.8) is 0 Å². The fourth-order valence-electron chi connectivity index (χ4n) is 2.34. The average Bonchev–Trinajstić information content (AvgIpc) is 2.70. The van der Waals surface area contributed by atoms with E-state index in [2.05, 4.69) is 10.6 Å². The Morgan fingerprint density at radius 1 is 1.00 bits per heavy atom. The molecule has 0 fully saturated rings. The van der Waals surface area contributed by atoms with Crippen molar-refractivity contribution >= 4 is 17.9 Å². The largest absolute Gasteiger partial charge is 0.497 e. The van der Waals surface area contributed by atoms with Gasteiger partial charge in [0.25, 0.3) is 5.91 Å². The molecular weight excluding hydrogens is 344 g/mol. The standard InChI is InChI=1S/C21H24N2O4/c1-3-27-19-7-5-4-6-16(19)10-13-20(24)22-14-15-23-21(25)17-8-11-18(26-2)12-9-17/h4-13H,3,14-15H2,1-2H3,(H,22,24)(H,23,25)/b13-10+. The SMILES string of the molecule is CCOc1ccccc1/C=C/C(=O)NCCNC(=O)c1ccc(OC)cc1. The molecule has 0 saturated heterocycles. The fraction of sp³-hybridized carbons (Fsp3) is 0.238. The second kappa shape index (κ2) is 10.7. The molecule has 27 heavy (non-hydrogen) atoms. The lowest BCUT2D eigenvalue weighted by molar-refractivity contribution is -0.116. The van der Waals surface area contributed by atoms with Crippen LogP contribution in [0.4, 0.5) is 0 Å². The summed E-state index contributed by atoms with van der Waals surface area (Å²) in [4.78, 5) is 23.9. The van der Waals surface area contributed by atoms with Gasteiger partial charge in [-0.2, -0.15) is 0 Å².